The van der Waals surface area contributed by atoms with E-state index in [4.69, 9.17) is 4.43 Å². The van der Waals surface area contributed by atoms with E-state index in [1.54, 1.807) is 0 Å². The summed E-state index contributed by atoms with van der Waals surface area (Å²) in [4.78, 5) is 11.1. The minimum atomic E-state index is -1.81. The van der Waals surface area contributed by atoms with Gasteiger partial charge in [0, 0.05) is 6.42 Å². The highest BCUT2D eigenvalue weighted by molar-refractivity contribution is 8.18. The van der Waals surface area contributed by atoms with Gasteiger partial charge < -0.3 is 9.22 Å². The van der Waals surface area contributed by atoms with Crippen molar-refractivity contribution in [1.82, 2.24) is 0 Å². The Kier molecular flexibility index (Phi) is 7.36. The van der Waals surface area contributed by atoms with Crippen molar-refractivity contribution in [3.05, 3.63) is 0 Å². The number of hydrogen-bond donors (Lipinski definition) is 0. The maximum Gasteiger partial charge on any atom is 0.192 e. The van der Waals surface area contributed by atoms with Crippen LogP contribution in [0.4, 0.5) is 0 Å². The molecule has 1 atom stereocenters. The Bertz CT molecular complexity index is 334. The molecule has 0 amide bonds. The van der Waals surface area contributed by atoms with Crippen molar-refractivity contribution >= 4 is 38.1 Å². The average Bonchev–Trinajstić information content (AvgIpc) is 2.38. The first kappa shape index (κ1) is 19.6. The third-order valence-corrected chi connectivity index (χ3v) is 12.9. The van der Waals surface area contributed by atoms with Gasteiger partial charge in [-0.05, 0) is 48.9 Å². The Labute approximate surface area is 140 Å². The van der Waals surface area contributed by atoms with Crippen LogP contribution >= 0.6 is 23.5 Å². The second-order valence-electron chi connectivity index (χ2n) is 7.42. The Hall–Kier alpha value is 0.547. The van der Waals surface area contributed by atoms with E-state index in [1.807, 2.05) is 0 Å². The van der Waals surface area contributed by atoms with E-state index < -0.39 is 8.32 Å². The summed E-state index contributed by atoms with van der Waals surface area (Å²) in [6.45, 7) is 13.6. The van der Waals surface area contributed by atoms with Crippen LogP contribution in [0.15, 0.2) is 0 Å². The molecule has 0 aromatic heterocycles. The maximum atomic E-state index is 11.1. The number of hydrogen-bond acceptors (Lipinski definition) is 4. The number of aldehydes is 1. The molecule has 1 aliphatic rings. The van der Waals surface area contributed by atoms with Crippen molar-refractivity contribution < 1.29 is 9.22 Å². The molecule has 0 aromatic carbocycles. The Morgan fingerprint density at radius 2 is 1.86 bits per heavy atom. The molecule has 2 nitrogen and oxygen atoms in total. The molecule has 0 spiro atoms. The summed E-state index contributed by atoms with van der Waals surface area (Å²) in [5.41, 5.74) is 0. The summed E-state index contributed by atoms with van der Waals surface area (Å²) in [6, 6.07) is 0. The molecule has 0 bridgehead atoms. The van der Waals surface area contributed by atoms with E-state index in [1.165, 1.54) is 17.9 Å². The lowest BCUT2D eigenvalue weighted by atomic mass is 10.1. The van der Waals surface area contributed by atoms with Gasteiger partial charge in [0.15, 0.2) is 8.32 Å². The van der Waals surface area contributed by atoms with E-state index in [9.17, 15) is 4.79 Å². The van der Waals surface area contributed by atoms with Crippen molar-refractivity contribution in [3.8, 4) is 0 Å². The van der Waals surface area contributed by atoms with Crippen molar-refractivity contribution in [2.45, 2.75) is 81.7 Å². The van der Waals surface area contributed by atoms with Gasteiger partial charge in [-0.3, -0.25) is 0 Å². The molecule has 1 rings (SSSR count). The fourth-order valence-electron chi connectivity index (χ4n) is 2.30. The van der Waals surface area contributed by atoms with Crippen molar-refractivity contribution in [3.63, 3.8) is 0 Å². The van der Waals surface area contributed by atoms with Gasteiger partial charge in [-0.1, -0.05) is 27.7 Å². The predicted molar refractivity (Wildman–Crippen MR) is 99.9 cm³/mol. The van der Waals surface area contributed by atoms with E-state index in [-0.39, 0.29) is 15.2 Å². The second-order valence-corrected chi connectivity index (χ2v) is 15.4. The lowest BCUT2D eigenvalue weighted by molar-refractivity contribution is -0.109. The van der Waals surface area contributed by atoms with Crippen molar-refractivity contribution in [2.75, 3.05) is 11.5 Å². The summed E-state index contributed by atoms with van der Waals surface area (Å²) >= 11 is 4.16. The molecule has 124 valence electrons. The molecule has 1 fully saturated rings. The number of carbonyl (C=O) groups is 1. The zero-order valence-corrected chi connectivity index (χ0v) is 17.2. The first-order valence-electron chi connectivity index (χ1n) is 8.05. The van der Waals surface area contributed by atoms with Crippen LogP contribution in [0.5, 0.6) is 0 Å². The minimum Gasteiger partial charge on any atom is -0.413 e. The molecule has 0 N–H and O–H groups in total. The quantitative estimate of drug-likeness (QED) is 0.459. The second kappa shape index (κ2) is 7.89. The third-order valence-electron chi connectivity index (χ3n) is 4.72. The summed E-state index contributed by atoms with van der Waals surface area (Å²) in [5, 5.41) is 0.195. The smallest absolute Gasteiger partial charge is 0.192 e. The Morgan fingerprint density at radius 3 is 2.29 bits per heavy atom. The average molecular weight is 349 g/mol. The third kappa shape index (κ3) is 5.59. The first-order valence-corrected chi connectivity index (χ1v) is 12.9. The van der Waals surface area contributed by atoms with Crippen LogP contribution in [0.25, 0.3) is 0 Å². The van der Waals surface area contributed by atoms with Gasteiger partial charge in [0.05, 0.1) is 10.2 Å². The van der Waals surface area contributed by atoms with E-state index >= 15 is 0 Å². The van der Waals surface area contributed by atoms with E-state index in [2.05, 4.69) is 64.3 Å². The molecule has 1 aliphatic heterocycles. The van der Waals surface area contributed by atoms with Crippen LogP contribution in [-0.4, -0.2) is 36.3 Å². The van der Waals surface area contributed by atoms with Gasteiger partial charge in [0.2, 0.25) is 0 Å². The number of thioether (sulfide) groups is 2. The highest BCUT2D eigenvalue weighted by Crippen LogP contribution is 2.49. The molecule has 0 radical (unpaired) electrons. The molecule has 0 aliphatic carbocycles. The lowest BCUT2D eigenvalue weighted by Gasteiger charge is -2.43. The Morgan fingerprint density at radius 1 is 1.29 bits per heavy atom. The molecule has 1 saturated heterocycles. The van der Waals surface area contributed by atoms with E-state index in [0.29, 0.717) is 6.42 Å². The zero-order chi connectivity index (χ0) is 16.1. The monoisotopic (exact) mass is 348 g/mol. The standard InChI is InChI=1S/C16H32O2S2Si/c1-7-16(19-11-8-12-20-16)13-14(9-10-17)18-21(5,6)15(2,3)4/h10,14H,7-9,11-13H2,1-6H3/t14-/m1/s1. The van der Waals surface area contributed by atoms with Crippen LogP contribution in [0.1, 0.15) is 53.4 Å². The van der Waals surface area contributed by atoms with Gasteiger partial charge in [-0.15, -0.1) is 23.5 Å². The molecule has 0 aromatic rings. The van der Waals surface area contributed by atoms with Gasteiger partial charge in [0.1, 0.15) is 6.29 Å². The zero-order valence-electron chi connectivity index (χ0n) is 14.5. The van der Waals surface area contributed by atoms with Gasteiger partial charge in [-0.2, -0.15) is 0 Å². The molecule has 0 saturated carbocycles. The topological polar surface area (TPSA) is 26.3 Å². The van der Waals surface area contributed by atoms with Crippen molar-refractivity contribution in [2.24, 2.45) is 0 Å². The van der Waals surface area contributed by atoms with Crippen LogP contribution < -0.4 is 0 Å². The fraction of sp³-hybridized carbons (Fsp3) is 0.938. The fourth-order valence-corrected chi connectivity index (χ4v) is 7.02. The Balaban J connectivity index is 2.79. The number of rotatable bonds is 7. The SMILES string of the molecule is CCC1(C[C@@H](CC=O)O[Si](C)(C)C(C)(C)C)SCCCS1. The molecule has 0 unspecified atom stereocenters. The molecule has 1 heterocycles. The molecular formula is C16H32O2S2Si. The van der Waals surface area contributed by atoms with Gasteiger partial charge >= 0.3 is 0 Å². The highest BCUT2D eigenvalue weighted by Gasteiger charge is 2.42. The van der Waals surface area contributed by atoms with E-state index in [0.717, 1.165) is 19.1 Å². The lowest BCUT2D eigenvalue weighted by Crippen LogP contribution is -2.45. The normalized spacial score (nSPS) is 21.0. The van der Waals surface area contributed by atoms with Crippen LogP contribution in [0, 0.1) is 0 Å². The largest absolute Gasteiger partial charge is 0.413 e. The van der Waals surface area contributed by atoms with Crippen molar-refractivity contribution in [1.29, 1.82) is 0 Å². The van der Waals surface area contributed by atoms with Gasteiger partial charge in [-0.25, -0.2) is 0 Å². The summed E-state index contributed by atoms with van der Waals surface area (Å²) < 4.78 is 6.81. The van der Waals surface area contributed by atoms with Crippen LogP contribution in [-0.2, 0) is 9.22 Å². The minimum absolute atomic E-state index is 0.0847. The molecule has 5 heteroatoms. The maximum absolute atomic E-state index is 11.1. The summed E-state index contributed by atoms with van der Waals surface area (Å²) in [5.74, 6) is 2.49. The first-order chi connectivity index (χ1) is 9.66. The van der Waals surface area contributed by atoms with Crippen LogP contribution in [0.3, 0.4) is 0 Å². The summed E-state index contributed by atoms with van der Waals surface area (Å²) in [6.07, 6.45) is 5.12. The molecule has 21 heavy (non-hydrogen) atoms. The van der Waals surface area contributed by atoms with Crippen LogP contribution in [0.2, 0.25) is 18.1 Å². The molecular weight excluding hydrogens is 316 g/mol. The highest BCUT2D eigenvalue weighted by atomic mass is 32.2. The van der Waals surface area contributed by atoms with Gasteiger partial charge in [0.25, 0.3) is 0 Å². The predicted octanol–water partition coefficient (Wildman–Crippen LogP) is 5.33. The summed E-state index contributed by atoms with van der Waals surface area (Å²) in [7, 11) is -1.81. The number of carbonyl (C=O) groups excluding carboxylic acids is 1.